The van der Waals surface area contributed by atoms with Gasteiger partial charge in [-0.05, 0) is 30.9 Å². The zero-order valence-electron chi connectivity index (χ0n) is 12.5. The molecule has 1 aliphatic carbocycles. The molecule has 0 aromatic heterocycles. The Balaban J connectivity index is 0.000000882. The van der Waals surface area contributed by atoms with Gasteiger partial charge < -0.3 is 15.1 Å². The van der Waals surface area contributed by atoms with Crippen LogP contribution in [0.1, 0.15) is 12.8 Å². The molecule has 3 aliphatic rings. The van der Waals surface area contributed by atoms with E-state index in [0.29, 0.717) is 5.91 Å². The van der Waals surface area contributed by atoms with Gasteiger partial charge in [0, 0.05) is 32.7 Å². The minimum atomic E-state index is 0. The van der Waals surface area contributed by atoms with Crippen molar-refractivity contribution in [2.45, 2.75) is 12.8 Å². The van der Waals surface area contributed by atoms with Crippen molar-refractivity contribution in [2.24, 2.45) is 11.8 Å². The molecule has 1 saturated carbocycles. The number of halogens is 2. The van der Waals surface area contributed by atoms with E-state index in [4.69, 9.17) is 0 Å². The molecule has 4 nitrogen and oxygen atoms in total. The molecule has 22 heavy (non-hydrogen) atoms. The van der Waals surface area contributed by atoms with Gasteiger partial charge >= 0.3 is 0 Å². The number of carbonyl (C=O) groups is 1. The van der Waals surface area contributed by atoms with Gasteiger partial charge in [0.25, 0.3) is 0 Å². The van der Waals surface area contributed by atoms with Gasteiger partial charge in [-0.25, -0.2) is 0 Å². The number of para-hydroxylation sites is 2. The van der Waals surface area contributed by atoms with Crippen LogP contribution in [0.3, 0.4) is 0 Å². The molecular weight excluding hydrogens is 321 g/mol. The van der Waals surface area contributed by atoms with Crippen LogP contribution in [0, 0.1) is 11.8 Å². The van der Waals surface area contributed by atoms with Crippen LogP contribution in [-0.2, 0) is 4.79 Å². The number of carbonyl (C=O) groups excluding carboxylic acids is 1. The lowest BCUT2D eigenvalue weighted by molar-refractivity contribution is -0.123. The van der Waals surface area contributed by atoms with Gasteiger partial charge in [0.1, 0.15) is 0 Å². The van der Waals surface area contributed by atoms with Crippen LogP contribution in [0.15, 0.2) is 24.3 Å². The molecule has 0 unspecified atom stereocenters. The fourth-order valence-electron chi connectivity index (χ4n) is 3.14. The summed E-state index contributed by atoms with van der Waals surface area (Å²) in [6.07, 6.45) is 2.74. The predicted molar refractivity (Wildman–Crippen MR) is 94.6 cm³/mol. The average molecular weight is 344 g/mol. The zero-order valence-corrected chi connectivity index (χ0v) is 14.2. The summed E-state index contributed by atoms with van der Waals surface area (Å²) in [7, 11) is 0. The van der Waals surface area contributed by atoms with E-state index in [1.807, 2.05) is 11.0 Å². The van der Waals surface area contributed by atoms with Crippen LogP contribution in [-0.4, -0.2) is 38.6 Å². The Bertz CT molecular complexity index is 532. The maximum absolute atomic E-state index is 12.6. The van der Waals surface area contributed by atoms with Gasteiger partial charge in [0.15, 0.2) is 0 Å². The number of anilines is 2. The highest BCUT2D eigenvalue weighted by Gasteiger charge is 2.35. The largest absolute Gasteiger partial charge is 0.368 e. The summed E-state index contributed by atoms with van der Waals surface area (Å²) < 4.78 is 0. The second-order valence-corrected chi connectivity index (χ2v) is 6.22. The van der Waals surface area contributed by atoms with E-state index in [2.05, 4.69) is 28.4 Å². The molecule has 0 spiro atoms. The summed E-state index contributed by atoms with van der Waals surface area (Å²) in [5, 5.41) is 3.19. The number of nitrogens with zero attached hydrogens (tertiary/aromatic N) is 2. The van der Waals surface area contributed by atoms with E-state index < -0.39 is 0 Å². The number of nitrogens with one attached hydrogen (secondary N) is 1. The van der Waals surface area contributed by atoms with E-state index in [1.165, 1.54) is 18.5 Å². The van der Waals surface area contributed by atoms with Gasteiger partial charge in [-0.1, -0.05) is 12.1 Å². The molecule has 0 atom stereocenters. The number of amides is 1. The Hall–Kier alpha value is -0.970. The lowest BCUT2D eigenvalue weighted by atomic mass is 10.0. The van der Waals surface area contributed by atoms with Crippen molar-refractivity contribution in [2.75, 3.05) is 42.5 Å². The first-order valence-electron chi connectivity index (χ1n) is 7.69. The number of hydrogen-bond acceptors (Lipinski definition) is 3. The average Bonchev–Trinajstić information content (AvgIpc) is 3.21. The Morgan fingerprint density at radius 1 is 1.09 bits per heavy atom. The van der Waals surface area contributed by atoms with E-state index in [1.54, 1.807) is 0 Å². The molecule has 122 valence electrons. The molecular formula is C16H23Cl2N3O. The normalized spacial score (nSPS) is 20.4. The first-order chi connectivity index (χ1) is 9.83. The van der Waals surface area contributed by atoms with Crippen molar-refractivity contribution in [3.05, 3.63) is 24.3 Å². The number of hydrogen-bond donors (Lipinski definition) is 1. The Kier molecular flexibility index (Phi) is 5.59. The van der Waals surface area contributed by atoms with Gasteiger partial charge in [0.2, 0.25) is 5.91 Å². The lowest BCUT2D eigenvalue weighted by Crippen LogP contribution is -2.55. The highest BCUT2D eigenvalue weighted by Crippen LogP contribution is 2.37. The highest BCUT2D eigenvalue weighted by molar-refractivity contribution is 5.99. The molecule has 0 bridgehead atoms. The highest BCUT2D eigenvalue weighted by atomic mass is 35.5. The standard InChI is InChI=1S/C16H21N3O.2ClH/c20-16(13-9-17-10-13)19-8-7-18(11-12-5-6-12)14-3-1-2-4-15(14)19;;/h1-4,12-13,17H,5-11H2;2*1H. The fraction of sp³-hybridized carbons (Fsp3) is 0.562. The first kappa shape index (κ1) is 17.4. The molecule has 0 radical (unpaired) electrons. The fourth-order valence-corrected chi connectivity index (χ4v) is 3.14. The maximum Gasteiger partial charge on any atom is 0.232 e. The van der Waals surface area contributed by atoms with Crippen LogP contribution < -0.4 is 15.1 Å². The van der Waals surface area contributed by atoms with Crippen LogP contribution >= 0.6 is 24.8 Å². The smallest absolute Gasteiger partial charge is 0.232 e. The van der Waals surface area contributed by atoms with E-state index >= 15 is 0 Å². The minimum Gasteiger partial charge on any atom is -0.368 e. The van der Waals surface area contributed by atoms with Crippen LogP contribution in [0.5, 0.6) is 0 Å². The molecule has 1 aromatic carbocycles. The minimum absolute atomic E-state index is 0. The number of fused-ring (bicyclic) bond motifs is 1. The molecule has 2 heterocycles. The third-order valence-corrected chi connectivity index (χ3v) is 4.68. The van der Waals surface area contributed by atoms with Gasteiger partial charge in [0.05, 0.1) is 17.3 Å². The Morgan fingerprint density at radius 2 is 1.77 bits per heavy atom. The van der Waals surface area contributed by atoms with Crippen molar-refractivity contribution in [3.8, 4) is 0 Å². The molecule has 1 aromatic rings. The second kappa shape index (κ2) is 7.07. The molecule has 4 rings (SSSR count). The molecule has 1 N–H and O–H groups in total. The molecule has 1 saturated heterocycles. The van der Waals surface area contributed by atoms with Gasteiger partial charge in [-0.15, -0.1) is 24.8 Å². The van der Waals surface area contributed by atoms with Crippen LogP contribution in [0.4, 0.5) is 11.4 Å². The number of rotatable bonds is 3. The van der Waals surface area contributed by atoms with Crippen molar-refractivity contribution < 1.29 is 4.79 Å². The first-order valence-corrected chi connectivity index (χ1v) is 7.69. The summed E-state index contributed by atoms with van der Waals surface area (Å²) in [4.78, 5) is 17.0. The van der Waals surface area contributed by atoms with E-state index in [9.17, 15) is 4.79 Å². The quantitative estimate of drug-likeness (QED) is 0.914. The lowest BCUT2D eigenvalue weighted by Gasteiger charge is -2.40. The van der Waals surface area contributed by atoms with Crippen LogP contribution in [0.25, 0.3) is 0 Å². The summed E-state index contributed by atoms with van der Waals surface area (Å²) in [5.41, 5.74) is 2.35. The topological polar surface area (TPSA) is 35.6 Å². The van der Waals surface area contributed by atoms with Crippen molar-refractivity contribution in [1.82, 2.24) is 5.32 Å². The molecule has 2 aliphatic heterocycles. The van der Waals surface area contributed by atoms with Gasteiger partial charge in [-0.2, -0.15) is 0 Å². The maximum atomic E-state index is 12.6. The van der Waals surface area contributed by atoms with Crippen LogP contribution in [0.2, 0.25) is 0 Å². The summed E-state index contributed by atoms with van der Waals surface area (Å²) in [6.45, 7) is 4.63. The van der Waals surface area contributed by atoms with Crippen molar-refractivity contribution in [3.63, 3.8) is 0 Å². The monoisotopic (exact) mass is 343 g/mol. The van der Waals surface area contributed by atoms with E-state index in [-0.39, 0.29) is 30.7 Å². The Morgan fingerprint density at radius 3 is 2.36 bits per heavy atom. The summed E-state index contributed by atoms with van der Waals surface area (Å²) in [5.74, 6) is 1.35. The third-order valence-electron chi connectivity index (χ3n) is 4.68. The van der Waals surface area contributed by atoms with Gasteiger partial charge in [-0.3, -0.25) is 4.79 Å². The Labute approximate surface area is 144 Å². The van der Waals surface area contributed by atoms with Crippen molar-refractivity contribution >= 4 is 42.1 Å². The summed E-state index contributed by atoms with van der Waals surface area (Å²) in [6, 6.07) is 8.38. The molecule has 2 fully saturated rings. The zero-order chi connectivity index (χ0) is 13.5. The molecule has 6 heteroatoms. The summed E-state index contributed by atoms with van der Waals surface area (Å²) >= 11 is 0. The predicted octanol–water partition coefficient (Wildman–Crippen LogP) is 2.31. The second-order valence-electron chi connectivity index (χ2n) is 6.22. The van der Waals surface area contributed by atoms with E-state index in [0.717, 1.165) is 44.3 Å². The number of benzene rings is 1. The van der Waals surface area contributed by atoms with Crippen molar-refractivity contribution in [1.29, 1.82) is 0 Å². The SMILES string of the molecule is Cl.Cl.O=C(C1CNC1)N1CCN(CC2CC2)c2ccccc21. The third kappa shape index (κ3) is 3.19. The molecule has 1 amide bonds.